The van der Waals surface area contributed by atoms with Gasteiger partial charge in [0, 0.05) is 17.4 Å². The SMILES string of the molecule is COC(=O)C(C)(C)CC(CC(=O)OC(C)(C)C)c1noc(C2CC(CC(C)C)C2)c1C1CC1. The largest absolute Gasteiger partial charge is 0.469 e. The van der Waals surface area contributed by atoms with Crippen LogP contribution in [0.5, 0.6) is 0 Å². The summed E-state index contributed by atoms with van der Waals surface area (Å²) in [5.74, 6) is 2.54. The fraction of sp³-hybridized carbons (Fsp3) is 0.815. The summed E-state index contributed by atoms with van der Waals surface area (Å²) in [5, 5.41) is 4.55. The van der Waals surface area contributed by atoms with Gasteiger partial charge in [0.1, 0.15) is 11.4 Å². The molecule has 2 aliphatic rings. The first-order valence-electron chi connectivity index (χ1n) is 12.6. The van der Waals surface area contributed by atoms with Gasteiger partial charge >= 0.3 is 11.9 Å². The molecule has 0 amide bonds. The second-order valence-electron chi connectivity index (χ2n) is 12.4. The third-order valence-electron chi connectivity index (χ3n) is 6.90. The zero-order valence-corrected chi connectivity index (χ0v) is 21.8. The van der Waals surface area contributed by atoms with Crippen molar-refractivity contribution in [2.24, 2.45) is 17.3 Å². The lowest BCUT2D eigenvalue weighted by atomic mass is 9.69. The molecule has 1 atom stereocenters. The van der Waals surface area contributed by atoms with Crippen molar-refractivity contribution >= 4 is 11.9 Å². The second kappa shape index (κ2) is 9.79. The van der Waals surface area contributed by atoms with Gasteiger partial charge in [0.25, 0.3) is 0 Å². The highest BCUT2D eigenvalue weighted by molar-refractivity contribution is 5.76. The van der Waals surface area contributed by atoms with E-state index in [0.717, 1.165) is 43.1 Å². The van der Waals surface area contributed by atoms with Crippen molar-refractivity contribution in [2.45, 2.75) is 117 Å². The molecule has 1 unspecified atom stereocenters. The molecule has 0 radical (unpaired) electrons. The Balaban J connectivity index is 1.87. The lowest BCUT2D eigenvalue weighted by Crippen LogP contribution is -2.30. The zero-order chi connectivity index (χ0) is 24.6. The van der Waals surface area contributed by atoms with Gasteiger partial charge in [-0.1, -0.05) is 19.0 Å². The van der Waals surface area contributed by atoms with Gasteiger partial charge in [-0.3, -0.25) is 9.59 Å². The van der Waals surface area contributed by atoms with Crippen LogP contribution in [0.3, 0.4) is 0 Å². The van der Waals surface area contributed by atoms with Gasteiger partial charge in [-0.15, -0.1) is 0 Å². The van der Waals surface area contributed by atoms with Crippen LogP contribution in [0.15, 0.2) is 4.52 Å². The fourth-order valence-corrected chi connectivity index (χ4v) is 5.33. The van der Waals surface area contributed by atoms with E-state index in [9.17, 15) is 9.59 Å². The molecule has 2 saturated carbocycles. The van der Waals surface area contributed by atoms with E-state index in [1.165, 1.54) is 19.1 Å². The predicted molar refractivity (Wildman–Crippen MR) is 127 cm³/mol. The highest BCUT2D eigenvalue weighted by atomic mass is 16.6. The van der Waals surface area contributed by atoms with Gasteiger partial charge < -0.3 is 14.0 Å². The molecule has 1 heterocycles. The van der Waals surface area contributed by atoms with Gasteiger partial charge in [0.05, 0.1) is 24.6 Å². The first-order chi connectivity index (χ1) is 15.3. The second-order valence-corrected chi connectivity index (χ2v) is 12.4. The zero-order valence-electron chi connectivity index (χ0n) is 21.8. The van der Waals surface area contributed by atoms with Gasteiger partial charge in [-0.05, 0) is 90.9 Å². The molecule has 2 aliphatic carbocycles. The lowest BCUT2D eigenvalue weighted by Gasteiger charge is -2.35. The highest BCUT2D eigenvalue weighted by Gasteiger charge is 2.43. The van der Waals surface area contributed by atoms with Crippen molar-refractivity contribution in [3.05, 3.63) is 17.0 Å². The number of ether oxygens (including phenoxy) is 2. The Morgan fingerprint density at radius 3 is 2.24 bits per heavy atom. The van der Waals surface area contributed by atoms with Crippen LogP contribution in [0.4, 0.5) is 0 Å². The van der Waals surface area contributed by atoms with Gasteiger partial charge in [0.15, 0.2) is 0 Å². The third-order valence-corrected chi connectivity index (χ3v) is 6.90. The third kappa shape index (κ3) is 6.60. The monoisotopic (exact) mass is 461 g/mol. The molecule has 0 saturated heterocycles. The van der Waals surface area contributed by atoms with Crippen molar-refractivity contribution in [2.75, 3.05) is 7.11 Å². The van der Waals surface area contributed by atoms with Crippen LogP contribution in [0.2, 0.25) is 0 Å². The van der Waals surface area contributed by atoms with Gasteiger partial charge in [0.2, 0.25) is 0 Å². The molecule has 33 heavy (non-hydrogen) atoms. The summed E-state index contributed by atoms with van der Waals surface area (Å²) >= 11 is 0. The number of rotatable bonds is 10. The Kier molecular flexibility index (Phi) is 7.65. The number of aromatic nitrogens is 1. The van der Waals surface area contributed by atoms with Crippen molar-refractivity contribution < 1.29 is 23.6 Å². The Morgan fingerprint density at radius 2 is 1.73 bits per heavy atom. The minimum atomic E-state index is -0.750. The standard InChI is InChI=1S/C27H43NO5/c1-16(2)11-17-12-19(13-17)24-22(18-9-10-18)23(28-33-24)20(14-21(29)32-26(3,4)5)15-27(6,7)25(30)31-8/h16-20H,9-15H2,1-8H3. The van der Waals surface area contributed by atoms with Crippen LogP contribution in [0, 0.1) is 17.3 Å². The maximum absolute atomic E-state index is 12.8. The van der Waals surface area contributed by atoms with Gasteiger partial charge in [-0.25, -0.2) is 0 Å². The van der Waals surface area contributed by atoms with Crippen LogP contribution in [-0.4, -0.2) is 29.8 Å². The number of carbonyl (C=O) groups is 2. The molecular weight excluding hydrogens is 418 g/mol. The average molecular weight is 462 g/mol. The first kappa shape index (κ1) is 25.8. The molecule has 6 nitrogen and oxygen atoms in total. The van der Waals surface area contributed by atoms with E-state index in [4.69, 9.17) is 14.0 Å². The Labute approximate surface area is 199 Å². The maximum atomic E-state index is 12.8. The highest BCUT2D eigenvalue weighted by Crippen LogP contribution is 2.53. The average Bonchev–Trinajstić information content (AvgIpc) is 3.39. The lowest BCUT2D eigenvalue weighted by molar-refractivity contribution is -0.157. The minimum Gasteiger partial charge on any atom is -0.469 e. The van der Waals surface area contributed by atoms with Gasteiger partial charge in [-0.2, -0.15) is 0 Å². The van der Waals surface area contributed by atoms with Crippen molar-refractivity contribution in [1.82, 2.24) is 5.16 Å². The molecule has 1 aromatic heterocycles. The number of nitrogens with zero attached hydrogens (tertiary/aromatic N) is 1. The van der Waals surface area contributed by atoms with E-state index in [2.05, 4.69) is 19.0 Å². The topological polar surface area (TPSA) is 78.6 Å². The van der Waals surface area contributed by atoms with E-state index in [0.29, 0.717) is 24.2 Å². The van der Waals surface area contributed by atoms with E-state index in [1.807, 2.05) is 34.6 Å². The van der Waals surface area contributed by atoms with Crippen LogP contribution >= 0.6 is 0 Å². The normalized spacial score (nSPS) is 22.1. The number of esters is 2. The number of hydrogen-bond donors (Lipinski definition) is 0. The summed E-state index contributed by atoms with van der Waals surface area (Å²) in [5.41, 5.74) is 0.741. The van der Waals surface area contributed by atoms with Crippen molar-refractivity contribution in [3.8, 4) is 0 Å². The smallest absolute Gasteiger partial charge is 0.311 e. The van der Waals surface area contributed by atoms with Crippen LogP contribution in [-0.2, 0) is 19.1 Å². The Hall–Kier alpha value is -1.85. The Bertz CT molecular complexity index is 837. The summed E-state index contributed by atoms with van der Waals surface area (Å²) in [7, 11) is 1.40. The predicted octanol–water partition coefficient (Wildman–Crippen LogP) is 6.50. The van der Waals surface area contributed by atoms with Crippen LogP contribution in [0.25, 0.3) is 0 Å². The summed E-state index contributed by atoms with van der Waals surface area (Å²) in [6, 6.07) is 0. The quantitative estimate of drug-likeness (QED) is 0.370. The van der Waals surface area contributed by atoms with E-state index in [-0.39, 0.29) is 24.3 Å². The molecule has 1 aromatic rings. The van der Waals surface area contributed by atoms with Crippen LogP contribution in [0.1, 0.15) is 128 Å². The van der Waals surface area contributed by atoms with E-state index < -0.39 is 11.0 Å². The van der Waals surface area contributed by atoms with E-state index in [1.54, 1.807) is 0 Å². The molecule has 3 rings (SSSR count). The number of methoxy groups -OCH3 is 1. The van der Waals surface area contributed by atoms with Crippen molar-refractivity contribution in [3.63, 3.8) is 0 Å². The molecule has 0 aliphatic heterocycles. The molecule has 6 heteroatoms. The number of carbonyl (C=O) groups excluding carboxylic acids is 2. The van der Waals surface area contributed by atoms with Crippen LogP contribution < -0.4 is 0 Å². The summed E-state index contributed by atoms with van der Waals surface area (Å²) in [6.07, 6.45) is 6.43. The molecule has 0 aromatic carbocycles. The molecule has 186 valence electrons. The van der Waals surface area contributed by atoms with Crippen molar-refractivity contribution in [1.29, 1.82) is 0 Å². The number of hydrogen-bond acceptors (Lipinski definition) is 6. The Morgan fingerprint density at radius 1 is 1.09 bits per heavy atom. The first-order valence-corrected chi connectivity index (χ1v) is 12.6. The summed E-state index contributed by atoms with van der Waals surface area (Å²) in [4.78, 5) is 25.3. The minimum absolute atomic E-state index is 0.171. The molecule has 0 N–H and O–H groups in total. The molecule has 0 bridgehead atoms. The summed E-state index contributed by atoms with van der Waals surface area (Å²) < 4.78 is 16.7. The van der Waals surface area contributed by atoms with E-state index >= 15 is 0 Å². The maximum Gasteiger partial charge on any atom is 0.311 e. The summed E-state index contributed by atoms with van der Waals surface area (Å²) in [6.45, 7) is 13.9. The molecule has 2 fully saturated rings. The fourth-order valence-electron chi connectivity index (χ4n) is 5.33. The molecule has 0 spiro atoms. The molecular formula is C27H43NO5.